The van der Waals surface area contributed by atoms with Crippen LogP contribution < -0.4 is 0 Å². The number of allylic oxidation sites excluding steroid dienone is 4. The van der Waals surface area contributed by atoms with Crippen LogP contribution in [0.25, 0.3) is 0 Å². The molecule has 3 atom stereocenters. The van der Waals surface area contributed by atoms with Crippen LogP contribution in [0.5, 0.6) is 0 Å². The van der Waals surface area contributed by atoms with Gasteiger partial charge in [0.05, 0.1) is 10.0 Å². The average molecular weight is 364 g/mol. The summed E-state index contributed by atoms with van der Waals surface area (Å²) >= 11 is 12.9. The highest BCUT2D eigenvalue weighted by atomic mass is 35.5. The van der Waals surface area contributed by atoms with Crippen LogP contribution >= 0.6 is 23.2 Å². The van der Waals surface area contributed by atoms with Gasteiger partial charge < -0.3 is 4.90 Å². The third-order valence-corrected chi connectivity index (χ3v) is 6.92. The molecule has 0 bridgehead atoms. The molecule has 0 aromatic heterocycles. The van der Waals surface area contributed by atoms with Gasteiger partial charge in [-0.15, -0.1) is 0 Å². The Morgan fingerprint density at radius 1 is 1.04 bits per heavy atom. The second kappa shape index (κ2) is 7.23. The number of halogens is 2. The van der Waals surface area contributed by atoms with E-state index in [1.807, 2.05) is 12.1 Å². The molecule has 2 aliphatic carbocycles. The van der Waals surface area contributed by atoms with Crippen molar-refractivity contribution in [3.8, 4) is 0 Å². The molecule has 130 valence electrons. The molecule has 0 radical (unpaired) electrons. The Bertz CT molecular complexity index is 687. The lowest BCUT2D eigenvalue weighted by molar-refractivity contribution is 0.184. The number of benzene rings is 1. The summed E-state index contributed by atoms with van der Waals surface area (Å²) in [6.45, 7) is 4.51. The van der Waals surface area contributed by atoms with Gasteiger partial charge >= 0.3 is 0 Å². The van der Waals surface area contributed by atoms with E-state index < -0.39 is 0 Å². The quantitative estimate of drug-likeness (QED) is 0.594. The topological polar surface area (TPSA) is 3.24 Å². The fraction of sp³-hybridized carbons (Fsp3) is 0.524. The van der Waals surface area contributed by atoms with Crippen LogP contribution in [0.15, 0.2) is 41.0 Å². The lowest BCUT2D eigenvalue weighted by Gasteiger charge is -2.40. The van der Waals surface area contributed by atoms with Gasteiger partial charge in [0.25, 0.3) is 0 Å². The Kier molecular flexibility index (Phi) is 5.44. The summed E-state index contributed by atoms with van der Waals surface area (Å²) in [4.78, 5) is 2.36. The average Bonchev–Trinajstić information content (AvgIpc) is 2.89. The first kappa shape index (κ1) is 18.0. The Morgan fingerprint density at radius 3 is 2.42 bits per heavy atom. The Labute approximate surface area is 156 Å². The molecule has 1 aromatic carbocycles. The van der Waals surface area contributed by atoms with Crippen molar-refractivity contribution in [2.24, 2.45) is 5.92 Å². The second-order valence-electron chi connectivity index (χ2n) is 7.53. The van der Waals surface area contributed by atoms with Crippen molar-refractivity contribution in [1.82, 2.24) is 4.90 Å². The maximum atomic E-state index is 6.62. The zero-order chi connectivity index (χ0) is 17.4. The summed E-state index contributed by atoms with van der Waals surface area (Å²) in [5, 5.41) is 1.42. The van der Waals surface area contributed by atoms with Crippen LogP contribution in [0.1, 0.15) is 51.0 Å². The van der Waals surface area contributed by atoms with Crippen molar-refractivity contribution in [3.63, 3.8) is 0 Å². The molecule has 1 fully saturated rings. The minimum atomic E-state index is 0.446. The number of hydrogen-bond acceptors (Lipinski definition) is 1. The molecular formula is C21H27Cl2N. The first-order valence-corrected chi connectivity index (χ1v) is 9.62. The summed E-state index contributed by atoms with van der Waals surface area (Å²) in [6, 6.07) is 6.71. The smallest absolute Gasteiger partial charge is 0.0627 e. The van der Waals surface area contributed by atoms with E-state index >= 15 is 0 Å². The van der Waals surface area contributed by atoms with Crippen molar-refractivity contribution in [3.05, 3.63) is 56.6 Å². The Morgan fingerprint density at radius 2 is 1.79 bits per heavy atom. The zero-order valence-corrected chi connectivity index (χ0v) is 16.6. The normalized spacial score (nSPS) is 27.8. The molecule has 2 aliphatic rings. The van der Waals surface area contributed by atoms with Gasteiger partial charge in [-0.1, -0.05) is 52.6 Å². The lowest BCUT2D eigenvalue weighted by atomic mass is 9.69. The third-order valence-electron chi connectivity index (χ3n) is 6.08. The van der Waals surface area contributed by atoms with E-state index in [0.717, 1.165) is 17.9 Å². The van der Waals surface area contributed by atoms with Gasteiger partial charge in [-0.2, -0.15) is 0 Å². The highest BCUT2D eigenvalue weighted by Crippen LogP contribution is 2.49. The van der Waals surface area contributed by atoms with Crippen LogP contribution in [0.2, 0.25) is 10.0 Å². The molecule has 0 saturated heterocycles. The van der Waals surface area contributed by atoms with E-state index in [2.05, 4.69) is 45.0 Å². The Balaban J connectivity index is 2.00. The van der Waals surface area contributed by atoms with Crippen LogP contribution in [0.3, 0.4) is 0 Å². The molecule has 24 heavy (non-hydrogen) atoms. The summed E-state index contributed by atoms with van der Waals surface area (Å²) < 4.78 is 0. The molecule has 3 rings (SSSR count). The molecular weight excluding hydrogens is 337 g/mol. The summed E-state index contributed by atoms with van der Waals surface area (Å²) in [5.74, 6) is 1.02. The van der Waals surface area contributed by atoms with Crippen molar-refractivity contribution >= 4 is 23.2 Å². The predicted octanol–water partition coefficient (Wildman–Crippen LogP) is 6.47. The second-order valence-corrected chi connectivity index (χ2v) is 8.31. The number of nitrogens with zero attached hydrogens (tertiary/aromatic N) is 1. The largest absolute Gasteiger partial charge is 0.306 e. The number of hydrogen-bond donors (Lipinski definition) is 0. The van der Waals surface area contributed by atoms with Gasteiger partial charge in [-0.25, -0.2) is 0 Å². The van der Waals surface area contributed by atoms with Crippen LogP contribution in [-0.4, -0.2) is 25.0 Å². The fourth-order valence-electron chi connectivity index (χ4n) is 4.44. The van der Waals surface area contributed by atoms with E-state index in [-0.39, 0.29) is 0 Å². The van der Waals surface area contributed by atoms with Crippen molar-refractivity contribution in [2.45, 2.75) is 51.5 Å². The molecule has 0 amide bonds. The molecule has 1 aromatic rings. The molecule has 1 nitrogen and oxygen atoms in total. The summed E-state index contributed by atoms with van der Waals surface area (Å²) in [6.07, 6.45) is 7.10. The van der Waals surface area contributed by atoms with E-state index in [1.54, 1.807) is 5.57 Å². The number of rotatable bonds is 3. The minimum absolute atomic E-state index is 0.446. The van der Waals surface area contributed by atoms with E-state index in [1.165, 1.54) is 29.6 Å². The van der Waals surface area contributed by atoms with E-state index in [0.29, 0.717) is 22.9 Å². The fourth-order valence-corrected chi connectivity index (χ4v) is 4.88. The lowest BCUT2D eigenvalue weighted by Crippen LogP contribution is -2.36. The maximum Gasteiger partial charge on any atom is 0.0627 e. The van der Waals surface area contributed by atoms with Gasteiger partial charge in [0.1, 0.15) is 0 Å². The van der Waals surface area contributed by atoms with Crippen LogP contribution in [0.4, 0.5) is 0 Å². The first-order chi connectivity index (χ1) is 11.4. The minimum Gasteiger partial charge on any atom is -0.306 e. The third kappa shape index (κ3) is 3.31. The van der Waals surface area contributed by atoms with Gasteiger partial charge in [0.15, 0.2) is 0 Å². The van der Waals surface area contributed by atoms with Crippen LogP contribution in [0, 0.1) is 5.92 Å². The van der Waals surface area contributed by atoms with Gasteiger partial charge in [0, 0.05) is 6.04 Å². The summed E-state index contributed by atoms with van der Waals surface area (Å²) in [5.41, 5.74) is 5.78. The SMILES string of the molecule is CC1=CCC(C2CCC(N(C)C)CC2c2cccc(Cl)c2Cl)=C1C. The van der Waals surface area contributed by atoms with E-state index in [4.69, 9.17) is 23.2 Å². The van der Waals surface area contributed by atoms with Crippen molar-refractivity contribution in [2.75, 3.05) is 14.1 Å². The van der Waals surface area contributed by atoms with Crippen molar-refractivity contribution < 1.29 is 0 Å². The standard InChI is InChI=1S/C21H27Cl2N/c1-13-8-10-16(14(13)2)17-11-9-15(24(3)4)12-19(17)18-6-5-7-20(22)21(18)23/h5-8,15,17,19H,9-12H2,1-4H3. The molecule has 0 spiro atoms. The summed E-state index contributed by atoms with van der Waals surface area (Å²) in [7, 11) is 4.38. The predicted molar refractivity (Wildman–Crippen MR) is 105 cm³/mol. The maximum absolute atomic E-state index is 6.62. The molecule has 1 saturated carbocycles. The van der Waals surface area contributed by atoms with Crippen molar-refractivity contribution in [1.29, 1.82) is 0 Å². The highest BCUT2D eigenvalue weighted by Gasteiger charge is 2.36. The molecule has 0 N–H and O–H groups in total. The molecule has 3 heteroatoms. The monoisotopic (exact) mass is 363 g/mol. The van der Waals surface area contributed by atoms with Gasteiger partial charge in [-0.05, 0) is 82.7 Å². The molecule has 0 heterocycles. The van der Waals surface area contributed by atoms with Gasteiger partial charge in [0.2, 0.25) is 0 Å². The van der Waals surface area contributed by atoms with Gasteiger partial charge in [-0.3, -0.25) is 0 Å². The zero-order valence-electron chi connectivity index (χ0n) is 15.1. The van der Waals surface area contributed by atoms with Crippen LogP contribution in [-0.2, 0) is 0 Å². The first-order valence-electron chi connectivity index (χ1n) is 8.87. The Hall–Kier alpha value is -0.760. The molecule has 0 aliphatic heterocycles. The highest BCUT2D eigenvalue weighted by molar-refractivity contribution is 6.42. The molecule has 3 unspecified atom stereocenters. The van der Waals surface area contributed by atoms with E-state index in [9.17, 15) is 0 Å².